The zero-order valence-electron chi connectivity index (χ0n) is 15.1. The van der Waals surface area contributed by atoms with Crippen LogP contribution in [0.1, 0.15) is 17.8 Å². The molecule has 0 spiro atoms. The van der Waals surface area contributed by atoms with Crippen molar-refractivity contribution in [2.75, 3.05) is 25.1 Å². The molecule has 0 aliphatic carbocycles. The summed E-state index contributed by atoms with van der Waals surface area (Å²) in [6.45, 7) is 1.51. The lowest BCUT2D eigenvalue weighted by Gasteiger charge is -2.28. The average molecular weight is 367 g/mol. The maximum Gasteiger partial charge on any atom is 0.318 e. The first-order chi connectivity index (χ1) is 13.2. The maximum absolute atomic E-state index is 12.8. The second-order valence-electron chi connectivity index (χ2n) is 6.57. The van der Waals surface area contributed by atoms with Gasteiger partial charge in [-0.1, -0.05) is 12.1 Å². The summed E-state index contributed by atoms with van der Waals surface area (Å²) in [4.78, 5) is 37.4. The summed E-state index contributed by atoms with van der Waals surface area (Å²) in [5, 5.41) is 2.87. The first kappa shape index (κ1) is 17.3. The number of amides is 3. The van der Waals surface area contributed by atoms with E-state index in [1.807, 2.05) is 24.3 Å². The molecule has 0 radical (unpaired) electrons. The summed E-state index contributed by atoms with van der Waals surface area (Å²) in [6, 6.07) is 6.61. The predicted octanol–water partition coefficient (Wildman–Crippen LogP) is 1.36. The number of aromatic nitrogens is 2. The van der Waals surface area contributed by atoms with Gasteiger partial charge < -0.3 is 19.9 Å². The number of benzene rings is 1. The van der Waals surface area contributed by atoms with E-state index in [0.717, 1.165) is 17.1 Å². The zero-order chi connectivity index (χ0) is 18.8. The quantitative estimate of drug-likeness (QED) is 0.885. The number of hydrogen-bond donors (Lipinski definition) is 1. The number of nitrogens with zero attached hydrogens (tertiary/aromatic N) is 4. The van der Waals surface area contributed by atoms with E-state index < -0.39 is 6.04 Å². The fraction of sp³-hybridized carbons (Fsp3) is 0.368. The van der Waals surface area contributed by atoms with Crippen molar-refractivity contribution in [1.82, 2.24) is 20.2 Å². The third kappa shape index (κ3) is 3.30. The molecule has 140 valence electrons. The summed E-state index contributed by atoms with van der Waals surface area (Å²) < 4.78 is 5.35. The molecule has 2 aliphatic rings. The van der Waals surface area contributed by atoms with Crippen molar-refractivity contribution in [3.8, 4) is 5.75 Å². The molecule has 1 N–H and O–H groups in total. The first-order valence-electron chi connectivity index (χ1n) is 8.96. The molecule has 4 rings (SSSR count). The van der Waals surface area contributed by atoms with Crippen LogP contribution in [0.2, 0.25) is 0 Å². The van der Waals surface area contributed by atoms with Gasteiger partial charge in [-0.3, -0.25) is 14.8 Å². The van der Waals surface area contributed by atoms with E-state index in [1.54, 1.807) is 29.3 Å². The summed E-state index contributed by atoms with van der Waals surface area (Å²) >= 11 is 0. The number of carbonyl (C=O) groups excluding carboxylic acids is 2. The fourth-order valence-electron chi connectivity index (χ4n) is 3.56. The van der Waals surface area contributed by atoms with Gasteiger partial charge in [-0.25, -0.2) is 4.79 Å². The number of nitrogens with one attached hydrogen (secondary N) is 1. The smallest absolute Gasteiger partial charge is 0.318 e. The van der Waals surface area contributed by atoms with Gasteiger partial charge in [-0.15, -0.1) is 0 Å². The third-order valence-electron chi connectivity index (χ3n) is 4.99. The minimum absolute atomic E-state index is 0.120. The lowest BCUT2D eigenvalue weighted by molar-refractivity contribution is -0.118. The molecule has 8 heteroatoms. The monoisotopic (exact) mass is 367 g/mol. The molecule has 1 atom stereocenters. The second kappa shape index (κ2) is 7.22. The Kier molecular flexibility index (Phi) is 4.62. The number of ether oxygens (including phenoxy) is 1. The van der Waals surface area contributed by atoms with Gasteiger partial charge in [0, 0.05) is 31.9 Å². The van der Waals surface area contributed by atoms with Crippen LogP contribution in [0.4, 0.5) is 10.5 Å². The highest BCUT2D eigenvalue weighted by molar-refractivity contribution is 6.02. The lowest BCUT2D eigenvalue weighted by atomic mass is 10.1. The largest absolute Gasteiger partial charge is 0.495 e. The molecule has 27 heavy (non-hydrogen) atoms. The lowest BCUT2D eigenvalue weighted by Crippen LogP contribution is -2.49. The number of rotatable bonds is 3. The van der Waals surface area contributed by atoms with Crippen LogP contribution in [-0.4, -0.2) is 53.0 Å². The summed E-state index contributed by atoms with van der Waals surface area (Å²) in [7, 11) is 1.58. The van der Waals surface area contributed by atoms with Crippen LogP contribution in [-0.2, 0) is 17.8 Å². The van der Waals surface area contributed by atoms with Gasteiger partial charge >= 0.3 is 6.03 Å². The Morgan fingerprint density at radius 2 is 1.96 bits per heavy atom. The first-order valence-corrected chi connectivity index (χ1v) is 8.96. The van der Waals surface area contributed by atoms with E-state index >= 15 is 0 Å². The van der Waals surface area contributed by atoms with E-state index in [0.29, 0.717) is 38.2 Å². The van der Waals surface area contributed by atoms with Crippen LogP contribution >= 0.6 is 0 Å². The zero-order valence-corrected chi connectivity index (χ0v) is 15.1. The molecule has 3 amide bonds. The number of hydrogen-bond acceptors (Lipinski definition) is 5. The molecule has 3 heterocycles. The Hall–Kier alpha value is -3.16. The summed E-state index contributed by atoms with van der Waals surface area (Å²) in [5.41, 5.74) is 2.47. The van der Waals surface area contributed by atoms with Gasteiger partial charge in [0.1, 0.15) is 11.8 Å². The Bertz CT molecular complexity index is 872. The van der Waals surface area contributed by atoms with E-state index in [4.69, 9.17) is 4.74 Å². The van der Waals surface area contributed by atoms with E-state index in [-0.39, 0.29) is 11.9 Å². The van der Waals surface area contributed by atoms with Gasteiger partial charge in [-0.2, -0.15) is 0 Å². The van der Waals surface area contributed by atoms with Gasteiger partial charge in [0.15, 0.2) is 0 Å². The molecular formula is C19H21N5O3. The number of anilines is 1. The van der Waals surface area contributed by atoms with Crippen LogP contribution in [0, 0.1) is 0 Å². The van der Waals surface area contributed by atoms with Crippen molar-refractivity contribution in [1.29, 1.82) is 0 Å². The number of para-hydroxylation sites is 2. The Labute approximate surface area is 157 Å². The number of carbonyl (C=O) groups is 2. The van der Waals surface area contributed by atoms with Crippen molar-refractivity contribution in [3.05, 3.63) is 48.0 Å². The maximum atomic E-state index is 12.8. The van der Waals surface area contributed by atoms with Crippen molar-refractivity contribution in [2.45, 2.75) is 25.4 Å². The fourth-order valence-corrected chi connectivity index (χ4v) is 3.56. The second-order valence-corrected chi connectivity index (χ2v) is 6.57. The highest BCUT2D eigenvalue weighted by atomic mass is 16.5. The topological polar surface area (TPSA) is 87.7 Å². The van der Waals surface area contributed by atoms with Crippen molar-refractivity contribution in [3.63, 3.8) is 0 Å². The van der Waals surface area contributed by atoms with E-state index in [1.165, 1.54) is 0 Å². The van der Waals surface area contributed by atoms with Gasteiger partial charge in [0.05, 0.1) is 30.7 Å². The van der Waals surface area contributed by atoms with Crippen LogP contribution in [0.25, 0.3) is 0 Å². The highest BCUT2D eigenvalue weighted by Gasteiger charge is 2.36. The molecule has 1 fully saturated rings. The minimum Gasteiger partial charge on any atom is -0.495 e. The van der Waals surface area contributed by atoms with Crippen molar-refractivity contribution < 1.29 is 14.3 Å². The molecule has 8 nitrogen and oxygen atoms in total. The van der Waals surface area contributed by atoms with E-state index in [9.17, 15) is 9.59 Å². The molecule has 2 aliphatic heterocycles. The Morgan fingerprint density at radius 3 is 2.78 bits per heavy atom. The van der Waals surface area contributed by atoms with Crippen molar-refractivity contribution >= 4 is 17.6 Å². The molecular weight excluding hydrogens is 346 g/mol. The van der Waals surface area contributed by atoms with Crippen LogP contribution in [0.3, 0.4) is 0 Å². The predicted molar refractivity (Wildman–Crippen MR) is 98.4 cm³/mol. The van der Waals surface area contributed by atoms with Gasteiger partial charge in [0.25, 0.3) is 0 Å². The molecule has 0 saturated carbocycles. The van der Waals surface area contributed by atoms with Crippen LogP contribution < -0.4 is 15.0 Å². The highest BCUT2D eigenvalue weighted by Crippen LogP contribution is 2.31. The molecule has 0 bridgehead atoms. The number of urea groups is 1. The number of fused-ring (bicyclic) bond motifs is 1. The summed E-state index contributed by atoms with van der Waals surface area (Å²) in [5.74, 6) is 0.522. The molecule has 1 aromatic carbocycles. The Balaban J connectivity index is 1.42. The number of methoxy groups -OCH3 is 1. The molecule has 1 saturated heterocycles. The minimum atomic E-state index is -0.536. The molecule has 1 aromatic heterocycles. The average Bonchev–Trinajstić information content (AvgIpc) is 3.07. The molecule has 2 aromatic rings. The SMILES string of the molecule is COc1ccccc1N1CCC(NC(=O)N2CCc3nccnc3C2)C1=O. The Morgan fingerprint density at radius 1 is 1.19 bits per heavy atom. The van der Waals surface area contributed by atoms with E-state index in [2.05, 4.69) is 15.3 Å². The van der Waals surface area contributed by atoms with Crippen LogP contribution in [0.5, 0.6) is 5.75 Å². The summed E-state index contributed by atoms with van der Waals surface area (Å²) in [6.07, 6.45) is 4.53. The van der Waals surface area contributed by atoms with Gasteiger partial charge in [-0.05, 0) is 18.6 Å². The standard InChI is InChI=1S/C19H21N5O3/c1-27-17-5-3-2-4-16(17)24-11-7-14(18(24)25)22-19(26)23-10-6-13-15(12-23)21-9-8-20-13/h2-5,8-9,14H,6-7,10-12H2,1H3,(H,22,26). The third-order valence-corrected chi connectivity index (χ3v) is 4.99. The van der Waals surface area contributed by atoms with Gasteiger partial charge in [0.2, 0.25) is 5.91 Å². The van der Waals surface area contributed by atoms with Crippen LogP contribution in [0.15, 0.2) is 36.7 Å². The normalized spacial score (nSPS) is 19.0. The molecule has 1 unspecified atom stereocenters. The van der Waals surface area contributed by atoms with Crippen molar-refractivity contribution in [2.24, 2.45) is 0 Å².